The summed E-state index contributed by atoms with van der Waals surface area (Å²) < 4.78 is 41.7. The number of phosphoric ester groups is 1. The van der Waals surface area contributed by atoms with Crippen molar-refractivity contribution in [2.24, 2.45) is 17.8 Å². The third-order valence-corrected chi connectivity index (χ3v) is 18.5. The fraction of sp³-hybridized carbons (Fsp3) is 0.906. The molecule has 21 heteroatoms. The van der Waals surface area contributed by atoms with Gasteiger partial charge in [-0.2, -0.15) is 0 Å². The van der Waals surface area contributed by atoms with Gasteiger partial charge in [-0.05, 0) is 98.4 Å². The van der Waals surface area contributed by atoms with Crippen LogP contribution in [0.5, 0.6) is 0 Å². The monoisotopic (exact) mass is 1140 g/mol. The topological polar surface area (TPSA) is 191 Å². The molecule has 74 heavy (non-hydrogen) atoms. The molecule has 3 rings (SSSR count). The Bertz CT molecular complexity index is 1680. The number of carbonyl (C=O) groups excluding carboxylic acids is 5. The molecule has 0 radical (unpaired) electrons. The van der Waals surface area contributed by atoms with E-state index in [1.165, 1.54) is 12.8 Å². The smallest absolute Gasteiger partial charge is 0.377 e. The van der Waals surface area contributed by atoms with Crippen molar-refractivity contribution < 1.29 is 56.7 Å². The number of hydrogen-bond acceptors (Lipinski definition) is 16. The van der Waals surface area contributed by atoms with Crippen LogP contribution in [0.3, 0.4) is 0 Å². The van der Waals surface area contributed by atoms with Crippen molar-refractivity contribution in [3.05, 3.63) is 0 Å². The van der Waals surface area contributed by atoms with Crippen molar-refractivity contribution in [2.45, 2.75) is 222 Å². The molecule has 0 aliphatic carbocycles. The first kappa shape index (κ1) is 69.2. The molecule has 0 saturated carbocycles. The first-order chi connectivity index (χ1) is 34.9. The zero-order chi connectivity index (χ0) is 55.4. The Hall–Kier alpha value is -0.900. The van der Waals surface area contributed by atoms with E-state index in [2.05, 4.69) is 33.0 Å². The number of rotatable bonds is 37. The lowest BCUT2D eigenvalue weighted by Gasteiger charge is -2.26. The van der Waals surface area contributed by atoms with Crippen LogP contribution in [0.25, 0.3) is 0 Å². The molecule has 1 unspecified atom stereocenters. The fourth-order valence-corrected chi connectivity index (χ4v) is 13.9. The molecule has 0 aromatic heterocycles. The van der Waals surface area contributed by atoms with E-state index < -0.39 is 20.0 Å². The van der Waals surface area contributed by atoms with Gasteiger partial charge in [0, 0.05) is 81.0 Å². The number of ether oxygens (including phenoxy) is 3. The third-order valence-electron chi connectivity index (χ3n) is 12.6. The molecule has 0 bridgehead atoms. The van der Waals surface area contributed by atoms with Gasteiger partial charge in [-0.3, -0.25) is 33.0 Å². The maximum absolute atomic E-state index is 13.2. The molecule has 3 aliphatic heterocycles. The highest BCUT2D eigenvalue weighted by Crippen LogP contribution is 2.47. The first-order valence-electron chi connectivity index (χ1n) is 27.6. The lowest BCUT2D eigenvalue weighted by atomic mass is 10.1. The summed E-state index contributed by atoms with van der Waals surface area (Å²) in [6.07, 6.45) is 7.10. The van der Waals surface area contributed by atoms with Gasteiger partial charge in [0.15, 0.2) is 0 Å². The van der Waals surface area contributed by atoms with Gasteiger partial charge < -0.3 is 39.1 Å². The van der Waals surface area contributed by atoms with E-state index >= 15 is 0 Å². The molecule has 0 aromatic carbocycles. The highest BCUT2D eigenvalue weighted by atomic mass is 33.1. The number of likely N-dealkylation sites (tertiary alicyclic amines) is 3. The van der Waals surface area contributed by atoms with E-state index in [0.717, 1.165) is 42.6 Å². The number of Topliss-reactive ketones (excluding diaryl/α,β-unsaturated/α-hetero) is 2. The van der Waals surface area contributed by atoms with Crippen molar-refractivity contribution in [1.82, 2.24) is 20.0 Å². The molecular formula is C53H99N4O12PS4. The minimum atomic E-state index is -4.50. The molecule has 3 amide bonds. The van der Waals surface area contributed by atoms with E-state index in [0.29, 0.717) is 76.6 Å². The van der Waals surface area contributed by atoms with Crippen molar-refractivity contribution in [2.75, 3.05) is 69.0 Å². The quantitative estimate of drug-likeness (QED) is 0.0339. The fourth-order valence-electron chi connectivity index (χ4n) is 8.81. The summed E-state index contributed by atoms with van der Waals surface area (Å²) in [6.45, 7) is 29.3. The number of nitrogens with zero attached hydrogens (tertiary/aromatic N) is 3. The minimum absolute atomic E-state index is 0.0372. The van der Waals surface area contributed by atoms with E-state index in [4.69, 9.17) is 23.3 Å². The van der Waals surface area contributed by atoms with Gasteiger partial charge >= 0.3 is 7.82 Å². The largest absolute Gasteiger partial charge is 0.472 e. The van der Waals surface area contributed by atoms with E-state index in [-0.39, 0.29) is 104 Å². The van der Waals surface area contributed by atoms with Gasteiger partial charge in [-0.1, -0.05) is 98.1 Å². The lowest BCUT2D eigenvalue weighted by Crippen LogP contribution is -2.40. The molecule has 432 valence electrons. The van der Waals surface area contributed by atoms with Crippen LogP contribution in [0, 0.1) is 17.8 Å². The van der Waals surface area contributed by atoms with E-state index in [1.54, 1.807) is 42.2 Å². The number of nitrogens with one attached hydrogen (secondary N) is 1. The SMILES string of the molecule is CC(C)CCCSSCC(=O)N1C[C@H](OC(C)C)C[C@H]1COC(C)C.CC(C)NCCCC(=O)CCC(=O)N1C[C@H](C)C[C@H]1COP(=O)(O)O[C@@H]1C[C@@H](COC(C)C)N(C(=O)CCCSSCCC(=O)C(C)C)C1. The van der Waals surface area contributed by atoms with Crippen LogP contribution in [-0.4, -0.2) is 173 Å². The number of ketones is 2. The highest BCUT2D eigenvalue weighted by molar-refractivity contribution is 8.77. The Morgan fingerprint density at radius 2 is 1.16 bits per heavy atom. The van der Waals surface area contributed by atoms with Crippen LogP contribution >= 0.6 is 51.0 Å². The summed E-state index contributed by atoms with van der Waals surface area (Å²) in [5.41, 5.74) is 0. The molecule has 0 spiro atoms. The molecule has 0 aromatic rings. The zero-order valence-corrected chi connectivity index (χ0v) is 51.7. The summed E-state index contributed by atoms with van der Waals surface area (Å²) in [7, 11) is 2.30. The zero-order valence-electron chi connectivity index (χ0n) is 47.6. The Balaban J connectivity index is 0.000000628. The van der Waals surface area contributed by atoms with E-state index in [9.17, 15) is 33.4 Å². The Morgan fingerprint density at radius 3 is 1.77 bits per heavy atom. The summed E-state index contributed by atoms with van der Waals surface area (Å²) in [4.78, 5) is 79.0. The number of hydrogen-bond donors (Lipinski definition) is 2. The summed E-state index contributed by atoms with van der Waals surface area (Å²) >= 11 is 0. The van der Waals surface area contributed by atoms with Gasteiger partial charge in [0.1, 0.15) is 11.6 Å². The summed E-state index contributed by atoms with van der Waals surface area (Å²) in [5, 5.41) is 3.28. The second kappa shape index (κ2) is 37.9. The van der Waals surface area contributed by atoms with Crippen molar-refractivity contribution in [3.8, 4) is 0 Å². The van der Waals surface area contributed by atoms with Crippen molar-refractivity contribution in [1.29, 1.82) is 0 Å². The van der Waals surface area contributed by atoms with Crippen LogP contribution < -0.4 is 5.32 Å². The van der Waals surface area contributed by atoms with Crippen LogP contribution in [0.1, 0.15) is 167 Å². The number of carbonyl (C=O) groups is 5. The van der Waals surface area contributed by atoms with Gasteiger partial charge in [-0.25, -0.2) is 4.57 Å². The van der Waals surface area contributed by atoms with Crippen LogP contribution in [0.4, 0.5) is 0 Å². The normalized spacial score (nSPS) is 22.0. The molecule has 7 atom stereocenters. The Labute approximate surface area is 463 Å². The van der Waals surface area contributed by atoms with Gasteiger partial charge in [0.25, 0.3) is 0 Å². The maximum atomic E-state index is 13.2. The molecule has 3 fully saturated rings. The number of phosphoric acid groups is 1. The predicted octanol–water partition coefficient (Wildman–Crippen LogP) is 10.3. The van der Waals surface area contributed by atoms with Gasteiger partial charge in [-0.15, -0.1) is 0 Å². The maximum Gasteiger partial charge on any atom is 0.472 e. The highest BCUT2D eigenvalue weighted by Gasteiger charge is 2.41. The molecular weight excluding hydrogens is 1040 g/mol. The molecule has 3 heterocycles. The molecule has 16 nitrogen and oxygen atoms in total. The summed E-state index contributed by atoms with van der Waals surface area (Å²) in [5.74, 6) is 4.51. The standard InChI is InChI=1S/C34H62N3O9PS2.C19H37NO3S2/c1-24(2)32(39)14-17-49-48-16-9-11-33(40)37-21-31(19-29(37)22-44-26(5)6)46-47(42,43)45-23-28-18-27(7)20-36(28)34(41)13-12-30(38)10-8-15-35-25(3)4;1-14(2)8-7-9-24-25-13-19(21)20-11-18(23-16(5)6)10-17(20)12-22-15(3)4/h24-29,31,35H,8-23H2,1-7H3,(H,42,43);14-18H,7-13H2,1-6H3/t27-,28+,29+,31-;17-,18+/m10/s1. The third kappa shape index (κ3) is 30.5. The number of amides is 3. The van der Waals surface area contributed by atoms with Crippen molar-refractivity contribution in [3.63, 3.8) is 0 Å². The van der Waals surface area contributed by atoms with E-state index in [1.807, 2.05) is 78.0 Å². The Morgan fingerprint density at radius 1 is 0.608 bits per heavy atom. The minimum Gasteiger partial charge on any atom is -0.377 e. The first-order valence-corrected chi connectivity index (χ1v) is 34.0. The van der Waals surface area contributed by atoms with Crippen LogP contribution in [-0.2, 0) is 51.8 Å². The molecule has 3 aliphatic rings. The predicted molar refractivity (Wildman–Crippen MR) is 307 cm³/mol. The summed E-state index contributed by atoms with van der Waals surface area (Å²) in [6, 6.07) is -0.176. The second-order valence-corrected chi connectivity index (χ2v) is 28.7. The average Bonchev–Trinajstić information content (AvgIpc) is 4.03. The second-order valence-electron chi connectivity index (χ2n) is 22.0. The molecule has 3 saturated heterocycles. The van der Waals surface area contributed by atoms with Crippen molar-refractivity contribution >= 4 is 80.3 Å². The van der Waals surface area contributed by atoms with Crippen LogP contribution in [0.2, 0.25) is 0 Å². The Kier molecular flexibility index (Phi) is 35.4. The van der Waals surface area contributed by atoms with Gasteiger partial charge in [0.2, 0.25) is 17.7 Å². The van der Waals surface area contributed by atoms with Gasteiger partial charge in [0.05, 0.1) is 74.2 Å². The average molecular weight is 1140 g/mol. The molecule has 2 N–H and O–H groups in total. The lowest BCUT2D eigenvalue weighted by molar-refractivity contribution is -0.134. The van der Waals surface area contributed by atoms with Crippen LogP contribution in [0.15, 0.2) is 0 Å².